The molecule has 1 aliphatic rings. The van der Waals surface area contributed by atoms with E-state index >= 15 is 0 Å². The summed E-state index contributed by atoms with van der Waals surface area (Å²) in [6.45, 7) is 0.0813. The first kappa shape index (κ1) is 9.38. The first-order valence-corrected chi connectivity index (χ1v) is 3.97. The maximum atomic E-state index is 12.9. The SMILES string of the molecule is O=CNCC1CC[C@H](F)CN1F. The largest absolute Gasteiger partial charge is 0.357 e. The van der Waals surface area contributed by atoms with Crippen LogP contribution in [0, 0.1) is 0 Å². The van der Waals surface area contributed by atoms with E-state index in [4.69, 9.17) is 0 Å². The molecule has 0 aliphatic carbocycles. The number of nitrogens with one attached hydrogen (secondary N) is 1. The molecule has 0 aromatic rings. The monoisotopic (exact) mass is 178 g/mol. The van der Waals surface area contributed by atoms with Gasteiger partial charge in [0, 0.05) is 6.54 Å². The topological polar surface area (TPSA) is 32.3 Å². The van der Waals surface area contributed by atoms with Gasteiger partial charge in [-0.3, -0.25) is 4.79 Å². The van der Waals surface area contributed by atoms with Crippen LogP contribution < -0.4 is 5.32 Å². The molecule has 1 amide bonds. The summed E-state index contributed by atoms with van der Waals surface area (Å²) in [7, 11) is 0. The number of piperidine rings is 1. The second kappa shape index (κ2) is 4.35. The smallest absolute Gasteiger partial charge is 0.207 e. The van der Waals surface area contributed by atoms with Crippen molar-refractivity contribution in [3.05, 3.63) is 0 Å². The molecule has 0 spiro atoms. The first-order valence-electron chi connectivity index (χ1n) is 3.97. The molecule has 12 heavy (non-hydrogen) atoms. The van der Waals surface area contributed by atoms with Crippen LogP contribution in [0.4, 0.5) is 8.87 Å². The molecule has 3 nitrogen and oxygen atoms in total. The van der Waals surface area contributed by atoms with E-state index in [-0.39, 0.29) is 19.1 Å². The lowest BCUT2D eigenvalue weighted by atomic mass is 10.0. The van der Waals surface area contributed by atoms with Gasteiger partial charge < -0.3 is 5.32 Å². The Morgan fingerprint density at radius 1 is 1.58 bits per heavy atom. The number of nitrogens with zero attached hydrogens (tertiary/aromatic N) is 1. The minimum absolute atomic E-state index is 0.175. The normalized spacial score (nSPS) is 31.5. The van der Waals surface area contributed by atoms with Crippen molar-refractivity contribution in [3.8, 4) is 0 Å². The Bertz CT molecular complexity index is 156. The molecule has 1 unspecified atom stereocenters. The number of hydrogen-bond donors (Lipinski definition) is 1. The van der Waals surface area contributed by atoms with Crippen LogP contribution in [0.15, 0.2) is 0 Å². The minimum atomic E-state index is -1.07. The van der Waals surface area contributed by atoms with E-state index in [0.717, 1.165) is 0 Å². The second-order valence-electron chi connectivity index (χ2n) is 2.94. The molecule has 0 radical (unpaired) electrons. The molecule has 1 fully saturated rings. The van der Waals surface area contributed by atoms with Crippen molar-refractivity contribution < 1.29 is 13.7 Å². The van der Waals surface area contributed by atoms with Crippen molar-refractivity contribution >= 4 is 6.41 Å². The summed E-state index contributed by atoms with van der Waals surface area (Å²) < 4.78 is 25.4. The van der Waals surface area contributed by atoms with Crippen LogP contribution in [0.2, 0.25) is 0 Å². The Labute approximate surface area is 69.7 Å². The molecule has 0 bridgehead atoms. The zero-order valence-corrected chi connectivity index (χ0v) is 6.67. The number of alkyl halides is 1. The van der Waals surface area contributed by atoms with Gasteiger partial charge in [-0.25, -0.2) is 4.39 Å². The highest BCUT2D eigenvalue weighted by molar-refractivity contribution is 5.45. The molecule has 0 aromatic carbocycles. The molecular formula is C7H12F2N2O. The molecule has 5 heteroatoms. The van der Waals surface area contributed by atoms with Crippen molar-refractivity contribution in [1.82, 2.24) is 10.4 Å². The lowest BCUT2D eigenvalue weighted by Crippen LogP contribution is -2.44. The van der Waals surface area contributed by atoms with Crippen LogP contribution >= 0.6 is 0 Å². The fourth-order valence-electron chi connectivity index (χ4n) is 1.33. The van der Waals surface area contributed by atoms with E-state index in [1.807, 2.05) is 0 Å². The van der Waals surface area contributed by atoms with Gasteiger partial charge in [-0.05, 0) is 12.8 Å². The number of halogens is 2. The predicted octanol–water partition coefficient (Wildman–Crippen LogP) is 0.419. The van der Waals surface area contributed by atoms with Gasteiger partial charge in [-0.1, -0.05) is 0 Å². The van der Waals surface area contributed by atoms with E-state index in [1.165, 1.54) is 0 Å². The minimum Gasteiger partial charge on any atom is -0.357 e. The van der Waals surface area contributed by atoms with Crippen LogP contribution in [0.3, 0.4) is 0 Å². The van der Waals surface area contributed by atoms with Gasteiger partial charge in [0.25, 0.3) is 0 Å². The molecule has 0 aromatic heterocycles. The molecule has 1 rings (SSSR count). The third-order valence-corrected chi connectivity index (χ3v) is 2.02. The Balaban J connectivity index is 2.29. The summed E-state index contributed by atoms with van der Waals surface area (Å²) in [5, 5.41) is 2.84. The highest BCUT2D eigenvalue weighted by Gasteiger charge is 2.27. The summed E-state index contributed by atoms with van der Waals surface area (Å²) in [4.78, 5) is 9.89. The van der Waals surface area contributed by atoms with Crippen LogP contribution in [0.1, 0.15) is 12.8 Å². The number of hydrogen-bond acceptors (Lipinski definition) is 2. The molecule has 1 saturated heterocycles. The van der Waals surface area contributed by atoms with E-state index in [9.17, 15) is 13.7 Å². The molecular weight excluding hydrogens is 166 g/mol. The summed E-state index contributed by atoms with van der Waals surface area (Å²) in [6.07, 6.45) is 0.293. The Morgan fingerprint density at radius 2 is 2.33 bits per heavy atom. The molecule has 70 valence electrons. The molecule has 1 heterocycles. The van der Waals surface area contributed by atoms with E-state index in [2.05, 4.69) is 5.32 Å². The standard InChI is InChI=1S/C7H12F2N2O/c8-6-1-2-7(3-10-5-12)11(9)4-6/h5-7H,1-4H2,(H,10,12)/t6-,7?/m0/s1. The average molecular weight is 178 g/mol. The van der Waals surface area contributed by atoms with E-state index < -0.39 is 6.17 Å². The van der Waals surface area contributed by atoms with Gasteiger partial charge in [-0.15, -0.1) is 9.60 Å². The number of amides is 1. The van der Waals surface area contributed by atoms with Crippen LogP contribution in [-0.4, -0.2) is 36.8 Å². The van der Waals surface area contributed by atoms with E-state index in [0.29, 0.717) is 24.4 Å². The lowest BCUT2D eigenvalue weighted by molar-refractivity contribution is -0.111. The Kier molecular flexibility index (Phi) is 3.40. The maximum absolute atomic E-state index is 12.9. The third-order valence-electron chi connectivity index (χ3n) is 2.02. The van der Waals surface area contributed by atoms with Gasteiger partial charge in [0.15, 0.2) is 0 Å². The summed E-state index contributed by atoms with van der Waals surface area (Å²) in [5.41, 5.74) is 0. The van der Waals surface area contributed by atoms with Crippen LogP contribution in [-0.2, 0) is 4.79 Å². The number of carbonyl (C=O) groups is 1. The van der Waals surface area contributed by atoms with Gasteiger partial charge >= 0.3 is 0 Å². The van der Waals surface area contributed by atoms with Crippen LogP contribution in [0.5, 0.6) is 0 Å². The second-order valence-corrected chi connectivity index (χ2v) is 2.94. The van der Waals surface area contributed by atoms with Gasteiger partial charge in [0.1, 0.15) is 6.17 Å². The number of rotatable bonds is 3. The molecule has 1 aliphatic heterocycles. The van der Waals surface area contributed by atoms with E-state index in [1.54, 1.807) is 0 Å². The predicted molar refractivity (Wildman–Crippen MR) is 39.8 cm³/mol. The van der Waals surface area contributed by atoms with Gasteiger partial charge in [0.05, 0.1) is 12.6 Å². The zero-order valence-electron chi connectivity index (χ0n) is 6.67. The quantitative estimate of drug-likeness (QED) is 0.501. The molecule has 0 saturated carbocycles. The Hall–Kier alpha value is -0.710. The van der Waals surface area contributed by atoms with Crippen molar-refractivity contribution in [1.29, 1.82) is 0 Å². The zero-order chi connectivity index (χ0) is 8.97. The Morgan fingerprint density at radius 3 is 2.92 bits per heavy atom. The molecule has 2 atom stereocenters. The van der Waals surface area contributed by atoms with Crippen molar-refractivity contribution in [3.63, 3.8) is 0 Å². The van der Waals surface area contributed by atoms with Gasteiger partial charge in [-0.2, -0.15) is 0 Å². The fraction of sp³-hybridized carbons (Fsp3) is 0.857. The summed E-state index contributed by atoms with van der Waals surface area (Å²) in [5.74, 6) is 0. The summed E-state index contributed by atoms with van der Waals surface area (Å²) in [6, 6.07) is -0.359. The number of carbonyl (C=O) groups excluding carboxylic acids is 1. The average Bonchev–Trinajstić information content (AvgIpc) is 2.03. The van der Waals surface area contributed by atoms with Crippen molar-refractivity contribution in [2.75, 3.05) is 13.1 Å². The van der Waals surface area contributed by atoms with Crippen LogP contribution in [0.25, 0.3) is 0 Å². The highest BCUT2D eigenvalue weighted by atomic mass is 19.2. The first-order chi connectivity index (χ1) is 5.74. The van der Waals surface area contributed by atoms with Gasteiger partial charge in [0.2, 0.25) is 6.41 Å². The highest BCUT2D eigenvalue weighted by Crippen LogP contribution is 2.18. The molecule has 1 N–H and O–H groups in total. The maximum Gasteiger partial charge on any atom is 0.207 e. The lowest BCUT2D eigenvalue weighted by Gasteiger charge is -2.29. The fourth-order valence-corrected chi connectivity index (χ4v) is 1.33. The third kappa shape index (κ3) is 2.41. The van der Waals surface area contributed by atoms with Crippen molar-refractivity contribution in [2.45, 2.75) is 25.1 Å². The summed E-state index contributed by atoms with van der Waals surface area (Å²) >= 11 is 0. The van der Waals surface area contributed by atoms with Crippen molar-refractivity contribution in [2.24, 2.45) is 0 Å².